The zero-order valence-electron chi connectivity index (χ0n) is 18.3. The second-order valence-electron chi connectivity index (χ2n) is 8.44. The van der Waals surface area contributed by atoms with Crippen molar-refractivity contribution < 1.29 is 19.1 Å². The van der Waals surface area contributed by atoms with Crippen LogP contribution in [0.3, 0.4) is 0 Å². The first-order valence-electron chi connectivity index (χ1n) is 10.4. The third kappa shape index (κ3) is 4.46. The number of amides is 3. The summed E-state index contributed by atoms with van der Waals surface area (Å²) >= 11 is 0. The maximum absolute atomic E-state index is 12.5. The first-order valence-corrected chi connectivity index (χ1v) is 10.4. The Morgan fingerprint density at radius 1 is 1.40 bits per heavy atom. The highest BCUT2D eigenvalue weighted by atomic mass is 16.5. The third-order valence-corrected chi connectivity index (χ3v) is 6.02. The van der Waals surface area contributed by atoms with Crippen molar-refractivity contribution in [3.8, 4) is 0 Å². The summed E-state index contributed by atoms with van der Waals surface area (Å²) in [5.41, 5.74) is 0.396. The lowest BCUT2D eigenvalue weighted by Gasteiger charge is -2.46. The van der Waals surface area contributed by atoms with E-state index in [0.29, 0.717) is 18.2 Å². The minimum atomic E-state index is -0.524. The van der Waals surface area contributed by atoms with Crippen LogP contribution in [0.25, 0.3) is 6.08 Å². The van der Waals surface area contributed by atoms with Gasteiger partial charge in [-0.1, -0.05) is 20.8 Å². The molecular formula is C21H31N5O4. The van der Waals surface area contributed by atoms with E-state index in [0.717, 1.165) is 24.4 Å². The van der Waals surface area contributed by atoms with Crippen LogP contribution < -0.4 is 5.32 Å². The molecular weight excluding hydrogens is 386 g/mol. The molecule has 0 bridgehead atoms. The van der Waals surface area contributed by atoms with Crippen molar-refractivity contribution in [3.63, 3.8) is 0 Å². The Kier molecular flexibility index (Phi) is 6.42. The molecule has 2 aliphatic heterocycles. The molecule has 2 aliphatic rings. The molecule has 164 valence electrons. The molecule has 1 aromatic rings. The van der Waals surface area contributed by atoms with E-state index in [4.69, 9.17) is 4.74 Å². The SMILES string of the molecule is CCC(N1CCO[C@](C)(C(C)C)C1)n1cnc(/C=C2\NC(=O)CN(C(C)=O)C2=O)c1. The van der Waals surface area contributed by atoms with E-state index in [1.165, 1.54) is 13.0 Å². The molecule has 1 N–H and O–H groups in total. The lowest BCUT2D eigenvalue weighted by molar-refractivity contribution is -0.147. The normalized spacial score (nSPS) is 25.7. The van der Waals surface area contributed by atoms with E-state index in [1.54, 1.807) is 6.33 Å². The summed E-state index contributed by atoms with van der Waals surface area (Å²) in [6.07, 6.45) is 6.09. The summed E-state index contributed by atoms with van der Waals surface area (Å²) in [4.78, 5) is 43.7. The fourth-order valence-corrected chi connectivity index (χ4v) is 3.88. The summed E-state index contributed by atoms with van der Waals surface area (Å²) in [6, 6.07) is 0. The summed E-state index contributed by atoms with van der Waals surface area (Å²) in [7, 11) is 0. The summed E-state index contributed by atoms with van der Waals surface area (Å²) in [5.74, 6) is -0.989. The first kappa shape index (κ1) is 22.2. The zero-order chi connectivity index (χ0) is 22.1. The molecule has 0 aromatic carbocycles. The molecule has 2 fully saturated rings. The number of morpholine rings is 1. The van der Waals surface area contributed by atoms with Crippen LogP contribution in [0.1, 0.15) is 52.9 Å². The molecule has 2 atom stereocenters. The highest BCUT2D eigenvalue weighted by Crippen LogP contribution is 2.30. The number of imide groups is 1. The second-order valence-corrected chi connectivity index (χ2v) is 8.44. The van der Waals surface area contributed by atoms with Crippen LogP contribution in [0.4, 0.5) is 0 Å². The number of piperazine rings is 1. The van der Waals surface area contributed by atoms with Crippen LogP contribution in [0.15, 0.2) is 18.2 Å². The van der Waals surface area contributed by atoms with Gasteiger partial charge in [-0.05, 0) is 25.3 Å². The Hall–Kier alpha value is -2.52. The molecule has 0 spiro atoms. The molecule has 3 amide bonds. The van der Waals surface area contributed by atoms with Crippen molar-refractivity contribution in [2.45, 2.75) is 52.8 Å². The number of ether oxygens (including phenoxy) is 1. The third-order valence-electron chi connectivity index (χ3n) is 6.02. The van der Waals surface area contributed by atoms with Gasteiger partial charge in [-0.3, -0.25) is 24.2 Å². The van der Waals surface area contributed by atoms with Gasteiger partial charge in [0.15, 0.2) is 0 Å². The summed E-state index contributed by atoms with van der Waals surface area (Å²) < 4.78 is 8.08. The summed E-state index contributed by atoms with van der Waals surface area (Å²) in [5, 5.41) is 2.54. The molecule has 0 saturated carbocycles. The van der Waals surface area contributed by atoms with E-state index >= 15 is 0 Å². The number of carbonyl (C=O) groups is 3. The Balaban J connectivity index is 1.80. The highest BCUT2D eigenvalue weighted by molar-refractivity contribution is 6.12. The lowest BCUT2D eigenvalue weighted by Crippen LogP contribution is -2.54. The molecule has 3 heterocycles. The zero-order valence-corrected chi connectivity index (χ0v) is 18.3. The smallest absolute Gasteiger partial charge is 0.277 e. The molecule has 2 saturated heterocycles. The molecule has 0 aliphatic carbocycles. The Morgan fingerprint density at radius 3 is 2.77 bits per heavy atom. The van der Waals surface area contributed by atoms with Gasteiger partial charge in [-0.2, -0.15) is 0 Å². The molecule has 1 unspecified atom stereocenters. The van der Waals surface area contributed by atoms with Crippen LogP contribution in [0, 0.1) is 5.92 Å². The largest absolute Gasteiger partial charge is 0.372 e. The molecule has 1 aromatic heterocycles. The monoisotopic (exact) mass is 417 g/mol. The average Bonchev–Trinajstić information content (AvgIpc) is 3.13. The van der Waals surface area contributed by atoms with Crippen LogP contribution in [-0.2, 0) is 19.1 Å². The van der Waals surface area contributed by atoms with Gasteiger partial charge in [-0.15, -0.1) is 0 Å². The number of carbonyl (C=O) groups excluding carboxylic acids is 3. The predicted molar refractivity (Wildman–Crippen MR) is 111 cm³/mol. The number of nitrogens with one attached hydrogen (secondary N) is 1. The van der Waals surface area contributed by atoms with E-state index in [2.05, 4.69) is 42.9 Å². The van der Waals surface area contributed by atoms with E-state index in [1.807, 2.05) is 10.8 Å². The number of hydrogen-bond acceptors (Lipinski definition) is 6. The van der Waals surface area contributed by atoms with Crippen molar-refractivity contribution in [3.05, 3.63) is 23.9 Å². The van der Waals surface area contributed by atoms with Gasteiger partial charge >= 0.3 is 0 Å². The van der Waals surface area contributed by atoms with Gasteiger partial charge in [0.2, 0.25) is 11.8 Å². The number of nitrogens with zero attached hydrogens (tertiary/aromatic N) is 4. The molecule has 9 heteroatoms. The van der Waals surface area contributed by atoms with Crippen molar-refractivity contribution in [2.24, 2.45) is 5.92 Å². The number of imidazole rings is 1. The Labute approximate surface area is 177 Å². The molecule has 3 rings (SSSR count). The van der Waals surface area contributed by atoms with E-state index in [9.17, 15) is 14.4 Å². The van der Waals surface area contributed by atoms with Gasteiger partial charge in [0, 0.05) is 26.2 Å². The Bertz CT molecular complexity index is 861. The minimum Gasteiger partial charge on any atom is -0.372 e. The molecule has 0 radical (unpaired) electrons. The average molecular weight is 418 g/mol. The molecule has 9 nitrogen and oxygen atoms in total. The fourth-order valence-electron chi connectivity index (χ4n) is 3.88. The maximum Gasteiger partial charge on any atom is 0.277 e. The van der Waals surface area contributed by atoms with Gasteiger partial charge in [0.1, 0.15) is 12.2 Å². The number of hydrogen-bond donors (Lipinski definition) is 1. The predicted octanol–water partition coefficient (Wildman–Crippen LogP) is 1.38. The second kappa shape index (κ2) is 8.69. The number of rotatable bonds is 5. The summed E-state index contributed by atoms with van der Waals surface area (Å²) in [6.45, 7) is 12.0. The molecule has 30 heavy (non-hydrogen) atoms. The van der Waals surface area contributed by atoms with Crippen LogP contribution in [0.5, 0.6) is 0 Å². The van der Waals surface area contributed by atoms with Gasteiger partial charge < -0.3 is 14.6 Å². The van der Waals surface area contributed by atoms with Crippen molar-refractivity contribution >= 4 is 23.8 Å². The van der Waals surface area contributed by atoms with Crippen LogP contribution in [-0.4, -0.2) is 68.9 Å². The van der Waals surface area contributed by atoms with Crippen molar-refractivity contribution in [1.82, 2.24) is 24.7 Å². The van der Waals surface area contributed by atoms with Crippen LogP contribution in [0.2, 0.25) is 0 Å². The standard InChI is InChI=1S/C21H31N5O4/c1-6-19(24-7-8-30-21(5,12-24)14(2)3)25-10-16(22-13-25)9-17-20(29)26(15(4)27)11-18(28)23-17/h9-10,13-14,19H,6-8,11-12H2,1-5H3,(H,23,28)/b17-9-/t19?,21-/m0/s1. The van der Waals surface area contributed by atoms with E-state index in [-0.39, 0.29) is 24.0 Å². The first-order chi connectivity index (χ1) is 14.1. The number of aromatic nitrogens is 2. The van der Waals surface area contributed by atoms with Gasteiger partial charge in [0.05, 0.1) is 30.4 Å². The fraction of sp³-hybridized carbons (Fsp3) is 0.619. The highest BCUT2D eigenvalue weighted by Gasteiger charge is 2.37. The van der Waals surface area contributed by atoms with Crippen molar-refractivity contribution in [1.29, 1.82) is 0 Å². The quantitative estimate of drug-likeness (QED) is 0.727. The minimum absolute atomic E-state index is 0.0542. The van der Waals surface area contributed by atoms with Crippen molar-refractivity contribution in [2.75, 3.05) is 26.2 Å². The van der Waals surface area contributed by atoms with Crippen LogP contribution >= 0.6 is 0 Å². The van der Waals surface area contributed by atoms with Gasteiger partial charge in [0.25, 0.3) is 5.91 Å². The van der Waals surface area contributed by atoms with E-state index < -0.39 is 17.7 Å². The maximum atomic E-state index is 12.5. The topological polar surface area (TPSA) is 96.8 Å². The lowest BCUT2D eigenvalue weighted by atomic mass is 9.90. The van der Waals surface area contributed by atoms with Gasteiger partial charge in [-0.25, -0.2) is 4.98 Å². The Morgan fingerprint density at radius 2 is 2.13 bits per heavy atom.